The topological polar surface area (TPSA) is 73.9 Å². The summed E-state index contributed by atoms with van der Waals surface area (Å²) >= 11 is 1.35. The highest BCUT2D eigenvalue weighted by Crippen LogP contribution is 2.36. The average Bonchev–Trinajstić information content (AvgIpc) is 3.15. The van der Waals surface area contributed by atoms with E-state index in [0.717, 1.165) is 28.5 Å². The minimum absolute atomic E-state index is 0.344. The first-order valence-electron chi connectivity index (χ1n) is 9.97. The molecule has 1 amide bonds. The van der Waals surface area contributed by atoms with Gasteiger partial charge in [-0.25, -0.2) is 4.79 Å². The van der Waals surface area contributed by atoms with Crippen molar-refractivity contribution in [2.75, 3.05) is 26.1 Å². The summed E-state index contributed by atoms with van der Waals surface area (Å²) in [5.74, 6) is 0.418. The van der Waals surface area contributed by atoms with E-state index in [1.54, 1.807) is 32.4 Å². The number of carbonyl (C=O) groups excluding carboxylic acids is 2. The highest BCUT2D eigenvalue weighted by molar-refractivity contribution is 7.23. The van der Waals surface area contributed by atoms with E-state index in [4.69, 9.17) is 14.2 Å². The van der Waals surface area contributed by atoms with Crippen molar-refractivity contribution in [3.05, 3.63) is 59.7 Å². The molecule has 0 saturated heterocycles. The van der Waals surface area contributed by atoms with Crippen molar-refractivity contribution in [3.63, 3.8) is 0 Å². The molecule has 162 valence electrons. The molecule has 1 aromatic heterocycles. The van der Waals surface area contributed by atoms with Crippen molar-refractivity contribution < 1.29 is 23.8 Å². The summed E-state index contributed by atoms with van der Waals surface area (Å²) in [5.41, 5.74) is 1.17. The first-order valence-corrected chi connectivity index (χ1v) is 10.8. The predicted octanol–water partition coefficient (Wildman–Crippen LogP) is 5.53. The van der Waals surface area contributed by atoms with Gasteiger partial charge in [0, 0.05) is 16.2 Å². The largest absolute Gasteiger partial charge is 0.493 e. The van der Waals surface area contributed by atoms with Crippen LogP contribution in [-0.4, -0.2) is 32.7 Å². The van der Waals surface area contributed by atoms with Gasteiger partial charge in [0.2, 0.25) is 5.91 Å². The van der Waals surface area contributed by atoms with Crippen LogP contribution in [0.5, 0.6) is 11.5 Å². The van der Waals surface area contributed by atoms with Gasteiger partial charge in [-0.3, -0.25) is 4.79 Å². The molecule has 6 nitrogen and oxygen atoms in total. The number of methoxy groups -OCH3 is 2. The highest BCUT2D eigenvalue weighted by atomic mass is 32.1. The van der Waals surface area contributed by atoms with E-state index in [1.807, 2.05) is 37.3 Å². The number of amides is 1. The van der Waals surface area contributed by atoms with Gasteiger partial charge in [0.1, 0.15) is 10.6 Å². The van der Waals surface area contributed by atoms with Crippen LogP contribution >= 0.6 is 11.3 Å². The molecule has 0 aliphatic rings. The second-order valence-corrected chi connectivity index (χ2v) is 7.78. The number of hydrogen-bond acceptors (Lipinski definition) is 6. The summed E-state index contributed by atoms with van der Waals surface area (Å²) < 4.78 is 16.8. The SMILES string of the molecule is CCCCOC(=O)c1c(NC(=O)/C=C/c2ccc(OC)c(OC)c2)sc2ccccc12. The minimum atomic E-state index is -0.426. The van der Waals surface area contributed by atoms with Crippen LogP contribution in [0.3, 0.4) is 0 Å². The Labute approximate surface area is 185 Å². The third-order valence-corrected chi connectivity index (χ3v) is 5.69. The van der Waals surface area contributed by atoms with E-state index in [-0.39, 0.29) is 5.91 Å². The van der Waals surface area contributed by atoms with Crippen molar-refractivity contribution in [1.82, 2.24) is 0 Å². The van der Waals surface area contributed by atoms with E-state index in [9.17, 15) is 9.59 Å². The van der Waals surface area contributed by atoms with Crippen LogP contribution in [0.15, 0.2) is 48.5 Å². The molecule has 2 aromatic carbocycles. The Kier molecular flexibility index (Phi) is 7.67. The lowest BCUT2D eigenvalue weighted by atomic mass is 10.1. The van der Waals surface area contributed by atoms with Crippen LogP contribution < -0.4 is 14.8 Å². The molecular formula is C24H25NO5S. The number of anilines is 1. The van der Waals surface area contributed by atoms with E-state index in [1.165, 1.54) is 17.4 Å². The second-order valence-electron chi connectivity index (χ2n) is 6.73. The first-order chi connectivity index (χ1) is 15.1. The van der Waals surface area contributed by atoms with E-state index >= 15 is 0 Å². The third kappa shape index (κ3) is 5.44. The number of nitrogens with one attached hydrogen (secondary N) is 1. The lowest BCUT2D eigenvalue weighted by Crippen LogP contribution is -2.12. The molecule has 0 fully saturated rings. The molecule has 1 N–H and O–H groups in total. The quantitative estimate of drug-likeness (QED) is 0.270. The van der Waals surface area contributed by atoms with Gasteiger partial charge in [-0.05, 0) is 36.3 Å². The van der Waals surface area contributed by atoms with Crippen molar-refractivity contribution in [2.24, 2.45) is 0 Å². The molecule has 0 radical (unpaired) electrons. The Hall–Kier alpha value is -3.32. The summed E-state index contributed by atoms with van der Waals surface area (Å²) in [5, 5.41) is 4.08. The molecule has 1 heterocycles. The van der Waals surface area contributed by atoms with Gasteiger partial charge in [-0.1, -0.05) is 37.6 Å². The minimum Gasteiger partial charge on any atom is -0.493 e. The highest BCUT2D eigenvalue weighted by Gasteiger charge is 2.21. The fourth-order valence-corrected chi connectivity index (χ4v) is 4.09. The second kappa shape index (κ2) is 10.6. The molecule has 0 spiro atoms. The fraction of sp³-hybridized carbons (Fsp3) is 0.250. The van der Waals surface area contributed by atoms with E-state index < -0.39 is 5.97 Å². The molecule has 0 bridgehead atoms. The zero-order valence-corrected chi connectivity index (χ0v) is 18.6. The van der Waals surface area contributed by atoms with Crippen LogP contribution in [0.4, 0.5) is 5.00 Å². The van der Waals surface area contributed by atoms with Crippen molar-refractivity contribution in [1.29, 1.82) is 0 Å². The molecule has 0 saturated carbocycles. The molecule has 0 aliphatic heterocycles. The Morgan fingerprint density at radius 3 is 2.58 bits per heavy atom. The Balaban J connectivity index is 1.81. The summed E-state index contributed by atoms with van der Waals surface area (Å²) in [6.07, 6.45) is 4.81. The average molecular weight is 440 g/mol. The number of hydrogen-bond donors (Lipinski definition) is 1. The van der Waals surface area contributed by atoms with Crippen LogP contribution in [0, 0.1) is 0 Å². The zero-order chi connectivity index (χ0) is 22.2. The van der Waals surface area contributed by atoms with Crippen LogP contribution in [0.2, 0.25) is 0 Å². The van der Waals surface area contributed by atoms with Gasteiger partial charge >= 0.3 is 5.97 Å². The molecule has 31 heavy (non-hydrogen) atoms. The van der Waals surface area contributed by atoms with Crippen LogP contribution in [0.1, 0.15) is 35.7 Å². The standard InChI is InChI=1S/C24H25NO5S/c1-4-5-14-30-24(27)22-17-8-6-7-9-20(17)31-23(22)25-21(26)13-11-16-10-12-18(28-2)19(15-16)29-3/h6-13,15H,4-5,14H2,1-3H3,(H,25,26)/b13-11+. The van der Waals surface area contributed by atoms with Gasteiger partial charge in [0.05, 0.1) is 20.8 Å². The van der Waals surface area contributed by atoms with Crippen molar-refractivity contribution in [2.45, 2.75) is 19.8 Å². The van der Waals surface area contributed by atoms with Gasteiger partial charge in [0.25, 0.3) is 0 Å². The molecule has 7 heteroatoms. The van der Waals surface area contributed by atoms with Gasteiger partial charge in [-0.2, -0.15) is 0 Å². The smallest absolute Gasteiger partial charge is 0.341 e. The number of fused-ring (bicyclic) bond motifs is 1. The maximum atomic E-state index is 12.7. The summed E-state index contributed by atoms with van der Waals surface area (Å²) in [7, 11) is 3.12. The lowest BCUT2D eigenvalue weighted by molar-refractivity contribution is -0.111. The maximum Gasteiger partial charge on any atom is 0.341 e. The van der Waals surface area contributed by atoms with Gasteiger partial charge < -0.3 is 19.5 Å². The number of unbranched alkanes of at least 4 members (excludes halogenated alkanes) is 1. The lowest BCUT2D eigenvalue weighted by Gasteiger charge is -2.08. The summed E-state index contributed by atoms with van der Waals surface area (Å²) in [4.78, 5) is 25.3. The molecule has 0 unspecified atom stereocenters. The molecule has 3 aromatic rings. The number of esters is 1. The number of ether oxygens (including phenoxy) is 3. The first kappa shape index (κ1) is 22.4. The molecule has 3 rings (SSSR count). The molecule has 0 aliphatic carbocycles. The number of carbonyl (C=O) groups is 2. The fourth-order valence-electron chi connectivity index (χ4n) is 3.00. The number of rotatable bonds is 9. The van der Waals surface area contributed by atoms with Crippen LogP contribution in [-0.2, 0) is 9.53 Å². The monoisotopic (exact) mass is 439 g/mol. The summed E-state index contributed by atoms with van der Waals surface area (Å²) in [6, 6.07) is 12.9. The zero-order valence-electron chi connectivity index (χ0n) is 17.8. The van der Waals surface area contributed by atoms with Crippen molar-refractivity contribution in [3.8, 4) is 11.5 Å². The van der Waals surface area contributed by atoms with Gasteiger partial charge in [-0.15, -0.1) is 11.3 Å². The Bertz CT molecular complexity index is 1100. The molecule has 0 atom stereocenters. The van der Waals surface area contributed by atoms with E-state index in [0.29, 0.717) is 28.7 Å². The summed E-state index contributed by atoms with van der Waals surface area (Å²) in [6.45, 7) is 2.39. The van der Waals surface area contributed by atoms with Crippen molar-refractivity contribution >= 4 is 44.4 Å². The maximum absolute atomic E-state index is 12.7. The molecular weight excluding hydrogens is 414 g/mol. The van der Waals surface area contributed by atoms with Crippen LogP contribution in [0.25, 0.3) is 16.2 Å². The normalized spacial score (nSPS) is 10.9. The predicted molar refractivity (Wildman–Crippen MR) is 124 cm³/mol. The Morgan fingerprint density at radius 2 is 1.84 bits per heavy atom. The van der Waals surface area contributed by atoms with Gasteiger partial charge in [0.15, 0.2) is 11.5 Å². The third-order valence-electron chi connectivity index (χ3n) is 4.60. The number of benzene rings is 2. The van der Waals surface area contributed by atoms with E-state index in [2.05, 4.69) is 5.32 Å². The Morgan fingerprint density at radius 1 is 1.06 bits per heavy atom. The number of thiophene rings is 1.